The SMILES string of the molecule is Cc1ccc(-c2ccc(SC#N)cc2)nn1. The molecule has 0 fully saturated rings. The van der Waals surface area contributed by atoms with E-state index >= 15 is 0 Å². The maximum absolute atomic E-state index is 8.53. The third kappa shape index (κ3) is 2.38. The average Bonchev–Trinajstić information content (AvgIpc) is 2.32. The van der Waals surface area contributed by atoms with Crippen molar-refractivity contribution in [1.29, 1.82) is 5.26 Å². The third-order valence-corrected chi connectivity index (χ3v) is 2.71. The van der Waals surface area contributed by atoms with Gasteiger partial charge in [0.1, 0.15) is 5.40 Å². The number of nitriles is 1. The highest BCUT2D eigenvalue weighted by atomic mass is 32.2. The first-order valence-corrected chi connectivity index (χ1v) is 5.58. The lowest BCUT2D eigenvalue weighted by Gasteiger charge is -2.00. The lowest BCUT2D eigenvalue weighted by Crippen LogP contribution is -1.89. The van der Waals surface area contributed by atoms with Crippen LogP contribution in [0.4, 0.5) is 0 Å². The third-order valence-electron chi connectivity index (χ3n) is 2.11. The summed E-state index contributed by atoms with van der Waals surface area (Å²) in [6.07, 6.45) is 0. The fourth-order valence-electron chi connectivity index (χ4n) is 1.30. The topological polar surface area (TPSA) is 49.6 Å². The van der Waals surface area contributed by atoms with E-state index in [1.165, 1.54) is 0 Å². The Morgan fingerprint density at radius 1 is 1.06 bits per heavy atom. The number of thioether (sulfide) groups is 1. The Bertz CT molecular complexity index is 511. The number of nitrogens with zero attached hydrogens (tertiary/aromatic N) is 3. The van der Waals surface area contributed by atoms with E-state index in [9.17, 15) is 0 Å². The normalized spacial score (nSPS) is 9.75. The van der Waals surface area contributed by atoms with Gasteiger partial charge in [0.25, 0.3) is 0 Å². The molecule has 1 heterocycles. The van der Waals surface area contributed by atoms with E-state index < -0.39 is 0 Å². The molecule has 0 saturated heterocycles. The maximum atomic E-state index is 8.53. The number of aryl methyl sites for hydroxylation is 1. The van der Waals surface area contributed by atoms with Crippen LogP contribution in [0.3, 0.4) is 0 Å². The highest BCUT2D eigenvalue weighted by Crippen LogP contribution is 2.21. The van der Waals surface area contributed by atoms with E-state index in [0.717, 1.165) is 33.6 Å². The van der Waals surface area contributed by atoms with Gasteiger partial charge in [0.05, 0.1) is 11.4 Å². The van der Waals surface area contributed by atoms with Crippen molar-refractivity contribution in [2.45, 2.75) is 11.8 Å². The predicted molar refractivity (Wildman–Crippen MR) is 63.7 cm³/mol. The molecule has 0 saturated carbocycles. The number of thiocyanates is 1. The Kier molecular flexibility index (Phi) is 3.18. The van der Waals surface area contributed by atoms with Gasteiger partial charge in [-0.05, 0) is 43.0 Å². The van der Waals surface area contributed by atoms with Gasteiger partial charge in [0.2, 0.25) is 0 Å². The zero-order chi connectivity index (χ0) is 11.4. The molecular weight excluding hydrogens is 218 g/mol. The zero-order valence-electron chi connectivity index (χ0n) is 8.71. The van der Waals surface area contributed by atoms with Gasteiger partial charge in [-0.2, -0.15) is 15.5 Å². The summed E-state index contributed by atoms with van der Waals surface area (Å²) in [5.41, 5.74) is 2.76. The second-order valence-corrected chi connectivity index (χ2v) is 4.14. The fraction of sp³-hybridized carbons (Fsp3) is 0.0833. The summed E-state index contributed by atoms with van der Waals surface area (Å²) in [5.74, 6) is 0. The van der Waals surface area contributed by atoms with Crippen LogP contribution in [-0.4, -0.2) is 10.2 Å². The molecule has 0 radical (unpaired) electrons. The minimum atomic E-state index is 0.846. The molecule has 0 spiro atoms. The number of aromatic nitrogens is 2. The number of hydrogen-bond acceptors (Lipinski definition) is 4. The quantitative estimate of drug-likeness (QED) is 0.584. The fourth-order valence-corrected chi connectivity index (χ4v) is 1.68. The van der Waals surface area contributed by atoms with Crippen molar-refractivity contribution in [1.82, 2.24) is 10.2 Å². The molecular formula is C12H9N3S. The summed E-state index contributed by atoms with van der Waals surface area (Å²) in [6.45, 7) is 1.91. The van der Waals surface area contributed by atoms with E-state index in [-0.39, 0.29) is 0 Å². The molecule has 4 heteroatoms. The highest BCUT2D eigenvalue weighted by Gasteiger charge is 2.00. The van der Waals surface area contributed by atoms with Gasteiger partial charge in [-0.1, -0.05) is 12.1 Å². The highest BCUT2D eigenvalue weighted by molar-refractivity contribution is 8.03. The molecule has 3 nitrogen and oxygen atoms in total. The Balaban J connectivity index is 2.28. The van der Waals surface area contributed by atoms with Gasteiger partial charge in [-0.15, -0.1) is 0 Å². The average molecular weight is 227 g/mol. The largest absolute Gasteiger partial charge is 0.185 e. The number of benzene rings is 1. The minimum Gasteiger partial charge on any atom is -0.185 e. The predicted octanol–water partition coefficient (Wildman–Crippen LogP) is 3.03. The Morgan fingerprint density at radius 3 is 2.38 bits per heavy atom. The number of hydrogen-bond donors (Lipinski definition) is 0. The summed E-state index contributed by atoms with van der Waals surface area (Å²) in [6, 6.07) is 11.6. The molecule has 0 unspecified atom stereocenters. The molecule has 1 aromatic heterocycles. The minimum absolute atomic E-state index is 0.846. The smallest absolute Gasteiger partial charge is 0.138 e. The first-order valence-electron chi connectivity index (χ1n) is 4.76. The summed E-state index contributed by atoms with van der Waals surface area (Å²) >= 11 is 1.15. The van der Waals surface area contributed by atoms with Crippen LogP contribution in [0.1, 0.15) is 5.69 Å². The Labute approximate surface area is 98.1 Å². The molecule has 2 rings (SSSR count). The molecule has 1 aromatic carbocycles. The molecule has 0 aliphatic carbocycles. The molecule has 2 aromatic rings. The molecule has 0 aliphatic heterocycles. The van der Waals surface area contributed by atoms with Crippen LogP contribution in [0, 0.1) is 17.6 Å². The Morgan fingerprint density at radius 2 is 1.81 bits per heavy atom. The van der Waals surface area contributed by atoms with Crippen molar-refractivity contribution in [3.8, 4) is 16.7 Å². The lowest BCUT2D eigenvalue weighted by atomic mass is 10.1. The van der Waals surface area contributed by atoms with Gasteiger partial charge < -0.3 is 0 Å². The molecule has 16 heavy (non-hydrogen) atoms. The van der Waals surface area contributed by atoms with Crippen molar-refractivity contribution in [3.05, 3.63) is 42.1 Å². The second-order valence-electron chi connectivity index (χ2n) is 3.28. The van der Waals surface area contributed by atoms with Crippen LogP contribution in [0.25, 0.3) is 11.3 Å². The molecule has 0 N–H and O–H groups in total. The van der Waals surface area contributed by atoms with E-state index in [1.807, 2.05) is 48.7 Å². The summed E-state index contributed by atoms with van der Waals surface area (Å²) < 4.78 is 0. The first-order chi connectivity index (χ1) is 7.79. The van der Waals surface area contributed by atoms with Crippen molar-refractivity contribution in [3.63, 3.8) is 0 Å². The van der Waals surface area contributed by atoms with Gasteiger partial charge in [0.15, 0.2) is 0 Å². The molecule has 0 atom stereocenters. The van der Waals surface area contributed by atoms with Crippen LogP contribution in [-0.2, 0) is 0 Å². The van der Waals surface area contributed by atoms with E-state index in [0.29, 0.717) is 0 Å². The van der Waals surface area contributed by atoms with Crippen LogP contribution in [0.15, 0.2) is 41.3 Å². The monoisotopic (exact) mass is 227 g/mol. The first kappa shape index (κ1) is 10.7. The Hall–Kier alpha value is -1.86. The summed E-state index contributed by atoms with van der Waals surface area (Å²) in [5, 5.41) is 18.7. The van der Waals surface area contributed by atoms with E-state index in [1.54, 1.807) is 0 Å². The van der Waals surface area contributed by atoms with Gasteiger partial charge in [-0.3, -0.25) is 0 Å². The summed E-state index contributed by atoms with van der Waals surface area (Å²) in [7, 11) is 0. The van der Waals surface area contributed by atoms with Crippen LogP contribution < -0.4 is 0 Å². The molecule has 0 bridgehead atoms. The van der Waals surface area contributed by atoms with Crippen molar-refractivity contribution < 1.29 is 0 Å². The number of rotatable bonds is 2. The zero-order valence-corrected chi connectivity index (χ0v) is 9.53. The van der Waals surface area contributed by atoms with Crippen molar-refractivity contribution >= 4 is 11.8 Å². The van der Waals surface area contributed by atoms with Crippen LogP contribution in [0.5, 0.6) is 0 Å². The van der Waals surface area contributed by atoms with Crippen LogP contribution >= 0.6 is 11.8 Å². The van der Waals surface area contributed by atoms with E-state index in [4.69, 9.17) is 5.26 Å². The van der Waals surface area contributed by atoms with Gasteiger partial charge in [-0.25, -0.2) is 0 Å². The lowest BCUT2D eigenvalue weighted by molar-refractivity contribution is 0.987. The summed E-state index contributed by atoms with van der Waals surface area (Å²) in [4.78, 5) is 0.936. The molecule has 0 aliphatic rings. The standard InChI is InChI=1S/C12H9N3S/c1-9-2-7-12(15-14-9)10-3-5-11(6-4-10)16-8-13/h2-7H,1H3. The second kappa shape index (κ2) is 4.77. The van der Waals surface area contributed by atoms with Crippen molar-refractivity contribution in [2.24, 2.45) is 0 Å². The van der Waals surface area contributed by atoms with Gasteiger partial charge in [0, 0.05) is 10.5 Å². The van der Waals surface area contributed by atoms with Gasteiger partial charge >= 0.3 is 0 Å². The van der Waals surface area contributed by atoms with E-state index in [2.05, 4.69) is 10.2 Å². The molecule has 78 valence electrons. The van der Waals surface area contributed by atoms with Crippen molar-refractivity contribution in [2.75, 3.05) is 0 Å². The van der Waals surface area contributed by atoms with Crippen LogP contribution in [0.2, 0.25) is 0 Å². The maximum Gasteiger partial charge on any atom is 0.138 e. The molecule has 0 amide bonds.